The highest BCUT2D eigenvalue weighted by molar-refractivity contribution is 5.81. The van der Waals surface area contributed by atoms with Crippen molar-refractivity contribution in [2.75, 3.05) is 6.54 Å². The Morgan fingerprint density at radius 2 is 1.97 bits per heavy atom. The minimum absolute atomic E-state index is 0.280. The van der Waals surface area contributed by atoms with Crippen molar-refractivity contribution in [2.45, 2.75) is 45.1 Å². The van der Waals surface area contributed by atoms with E-state index >= 15 is 0 Å². The molecule has 3 aromatic heterocycles. The number of likely N-dealkylation sites (tertiary alicyclic amines) is 1. The van der Waals surface area contributed by atoms with E-state index < -0.39 is 5.69 Å². The highest BCUT2D eigenvalue weighted by Crippen LogP contribution is 2.35. The van der Waals surface area contributed by atoms with Crippen LogP contribution >= 0.6 is 0 Å². The maximum absolute atomic E-state index is 12.6. The first-order valence-electron chi connectivity index (χ1n) is 11.0. The Morgan fingerprint density at radius 1 is 1.16 bits per heavy atom. The van der Waals surface area contributed by atoms with Gasteiger partial charge in [0.1, 0.15) is 0 Å². The first kappa shape index (κ1) is 19.8. The third-order valence-electron chi connectivity index (χ3n) is 6.73. The van der Waals surface area contributed by atoms with Crippen molar-refractivity contribution in [2.24, 2.45) is 18.9 Å². The Labute approximate surface area is 179 Å². The Balaban J connectivity index is 1.38. The Bertz CT molecular complexity index is 1270. The van der Waals surface area contributed by atoms with Crippen LogP contribution in [0.4, 0.5) is 0 Å². The molecule has 0 spiro atoms. The van der Waals surface area contributed by atoms with Crippen LogP contribution in [0.1, 0.15) is 38.2 Å². The lowest BCUT2D eigenvalue weighted by atomic mass is 9.86. The van der Waals surface area contributed by atoms with Crippen LogP contribution in [0.3, 0.4) is 0 Å². The monoisotopic (exact) mass is 421 g/mol. The SMILES string of the molecule is CC1C[C@H](Cc2ccn3ncc(-n4ccc(=O)n(C)c4=O)c3c2)CCN1C(=O)C1CC1. The van der Waals surface area contributed by atoms with Crippen molar-refractivity contribution < 1.29 is 4.79 Å². The zero-order valence-corrected chi connectivity index (χ0v) is 17.9. The van der Waals surface area contributed by atoms with Gasteiger partial charge in [-0.2, -0.15) is 5.10 Å². The molecule has 2 aliphatic rings. The maximum Gasteiger partial charge on any atom is 0.335 e. The van der Waals surface area contributed by atoms with Gasteiger partial charge in [-0.1, -0.05) is 0 Å². The predicted molar refractivity (Wildman–Crippen MR) is 116 cm³/mol. The molecule has 1 aliphatic heterocycles. The van der Waals surface area contributed by atoms with E-state index in [9.17, 15) is 14.4 Å². The number of piperidine rings is 1. The summed E-state index contributed by atoms with van der Waals surface area (Å²) in [6.45, 7) is 3.01. The zero-order valence-electron chi connectivity index (χ0n) is 17.9. The molecule has 2 atom stereocenters. The molecule has 1 aliphatic carbocycles. The highest BCUT2D eigenvalue weighted by Gasteiger charge is 2.37. The first-order chi connectivity index (χ1) is 14.9. The van der Waals surface area contributed by atoms with Gasteiger partial charge in [0.2, 0.25) is 5.91 Å². The van der Waals surface area contributed by atoms with E-state index in [1.54, 1.807) is 10.7 Å². The number of hydrogen-bond acceptors (Lipinski definition) is 4. The summed E-state index contributed by atoms with van der Waals surface area (Å²) in [5, 5.41) is 4.37. The molecule has 2 fully saturated rings. The second kappa shape index (κ2) is 7.51. The van der Waals surface area contributed by atoms with E-state index in [4.69, 9.17) is 0 Å². The van der Waals surface area contributed by atoms with Crippen LogP contribution in [-0.2, 0) is 18.3 Å². The fourth-order valence-corrected chi connectivity index (χ4v) is 4.76. The summed E-state index contributed by atoms with van der Waals surface area (Å²) < 4.78 is 4.29. The van der Waals surface area contributed by atoms with Crippen LogP contribution in [0.25, 0.3) is 11.2 Å². The van der Waals surface area contributed by atoms with Gasteiger partial charge in [-0.25, -0.2) is 9.31 Å². The molecule has 1 amide bonds. The van der Waals surface area contributed by atoms with Gasteiger partial charge in [0.25, 0.3) is 5.56 Å². The van der Waals surface area contributed by atoms with Crippen molar-refractivity contribution in [1.82, 2.24) is 23.6 Å². The minimum Gasteiger partial charge on any atom is -0.340 e. The molecular weight excluding hydrogens is 394 g/mol. The molecule has 3 aromatic rings. The van der Waals surface area contributed by atoms with Crippen molar-refractivity contribution >= 4 is 11.4 Å². The second-order valence-electron chi connectivity index (χ2n) is 9.01. The third kappa shape index (κ3) is 3.60. The molecule has 0 bridgehead atoms. The van der Waals surface area contributed by atoms with Gasteiger partial charge in [0.05, 0.1) is 17.4 Å². The molecule has 162 valence electrons. The second-order valence-corrected chi connectivity index (χ2v) is 9.01. The van der Waals surface area contributed by atoms with Crippen LogP contribution in [0.15, 0.2) is 46.4 Å². The van der Waals surface area contributed by atoms with Crippen LogP contribution in [-0.4, -0.2) is 42.1 Å². The molecule has 0 N–H and O–H groups in total. The van der Waals surface area contributed by atoms with Crippen molar-refractivity contribution in [1.29, 1.82) is 0 Å². The van der Waals surface area contributed by atoms with Crippen molar-refractivity contribution in [3.8, 4) is 5.69 Å². The topological polar surface area (TPSA) is 81.6 Å². The number of carbonyl (C=O) groups excluding carboxylic acids is 1. The standard InChI is InChI=1S/C23H27N5O3/c1-15-11-16(5-8-26(15)22(30)18-3-4-18)12-17-6-10-28-19(13-17)20(14-24-28)27-9-7-21(29)25(2)23(27)31/h6-7,9-10,13-16,18H,3-5,8,11-12H2,1-2H3/t15?,16-/m1/s1. The molecule has 8 heteroatoms. The van der Waals surface area contributed by atoms with Crippen LogP contribution in [0, 0.1) is 11.8 Å². The van der Waals surface area contributed by atoms with Gasteiger partial charge >= 0.3 is 5.69 Å². The number of amides is 1. The minimum atomic E-state index is -0.394. The predicted octanol–water partition coefficient (Wildman–Crippen LogP) is 1.76. The smallest absolute Gasteiger partial charge is 0.335 e. The number of hydrogen-bond donors (Lipinski definition) is 0. The van der Waals surface area contributed by atoms with Gasteiger partial charge in [-0.15, -0.1) is 0 Å². The number of nitrogens with zero attached hydrogens (tertiary/aromatic N) is 5. The molecule has 1 saturated carbocycles. The molecule has 0 radical (unpaired) electrons. The summed E-state index contributed by atoms with van der Waals surface area (Å²) in [5.74, 6) is 1.15. The van der Waals surface area contributed by atoms with Crippen molar-refractivity contribution in [3.05, 3.63) is 63.2 Å². The Morgan fingerprint density at radius 3 is 2.71 bits per heavy atom. The average molecular weight is 422 g/mol. The van der Waals surface area contributed by atoms with Crippen LogP contribution in [0.5, 0.6) is 0 Å². The number of fused-ring (bicyclic) bond motifs is 1. The summed E-state index contributed by atoms with van der Waals surface area (Å²) in [6, 6.07) is 5.81. The largest absolute Gasteiger partial charge is 0.340 e. The quantitative estimate of drug-likeness (QED) is 0.643. The van der Waals surface area contributed by atoms with E-state index in [-0.39, 0.29) is 17.5 Å². The Kier molecular flexibility index (Phi) is 4.79. The molecule has 1 unspecified atom stereocenters. The number of carbonyl (C=O) groups is 1. The van der Waals surface area contributed by atoms with E-state index in [2.05, 4.69) is 29.1 Å². The van der Waals surface area contributed by atoms with Gasteiger partial charge in [0.15, 0.2) is 0 Å². The lowest BCUT2D eigenvalue weighted by molar-refractivity contribution is -0.136. The number of pyridine rings is 1. The van der Waals surface area contributed by atoms with Crippen LogP contribution in [0.2, 0.25) is 0 Å². The molecule has 4 heterocycles. The normalized spacial score (nSPS) is 21.5. The molecular formula is C23H27N5O3. The Hall–Kier alpha value is -3.16. The van der Waals surface area contributed by atoms with E-state index in [1.807, 2.05) is 6.20 Å². The van der Waals surface area contributed by atoms with E-state index in [0.29, 0.717) is 17.5 Å². The molecule has 5 rings (SSSR count). The van der Waals surface area contributed by atoms with Gasteiger partial charge in [0, 0.05) is 44.0 Å². The summed E-state index contributed by atoms with van der Waals surface area (Å²) in [5.41, 5.74) is 1.94. The third-order valence-corrected chi connectivity index (χ3v) is 6.73. The highest BCUT2D eigenvalue weighted by atomic mass is 16.2. The summed E-state index contributed by atoms with van der Waals surface area (Å²) in [4.78, 5) is 38.8. The summed E-state index contributed by atoms with van der Waals surface area (Å²) in [6.07, 6.45) is 10.1. The fourth-order valence-electron chi connectivity index (χ4n) is 4.76. The average Bonchev–Trinajstić information content (AvgIpc) is 3.53. The number of aromatic nitrogens is 4. The molecule has 0 aromatic carbocycles. The molecule has 1 saturated heterocycles. The number of rotatable bonds is 4. The summed E-state index contributed by atoms with van der Waals surface area (Å²) >= 11 is 0. The van der Waals surface area contributed by atoms with Gasteiger partial charge < -0.3 is 4.90 Å². The van der Waals surface area contributed by atoms with E-state index in [1.165, 1.54) is 29.4 Å². The van der Waals surface area contributed by atoms with Crippen LogP contribution < -0.4 is 11.2 Å². The fraction of sp³-hybridized carbons (Fsp3) is 0.478. The van der Waals surface area contributed by atoms with E-state index in [0.717, 1.165) is 48.7 Å². The molecule has 31 heavy (non-hydrogen) atoms. The maximum atomic E-state index is 12.6. The molecule has 8 nitrogen and oxygen atoms in total. The first-order valence-corrected chi connectivity index (χ1v) is 11.0. The lowest BCUT2D eigenvalue weighted by Gasteiger charge is -2.38. The van der Waals surface area contributed by atoms with Crippen molar-refractivity contribution in [3.63, 3.8) is 0 Å². The van der Waals surface area contributed by atoms with Gasteiger partial charge in [-0.05, 0) is 62.6 Å². The summed E-state index contributed by atoms with van der Waals surface area (Å²) in [7, 11) is 1.47. The lowest BCUT2D eigenvalue weighted by Crippen LogP contribution is -2.45. The zero-order chi connectivity index (χ0) is 21.7. The van der Waals surface area contributed by atoms with Gasteiger partial charge in [-0.3, -0.25) is 18.7 Å².